The number of alkyl halides is 3. The molecule has 0 aliphatic carbocycles. The highest BCUT2D eigenvalue weighted by molar-refractivity contribution is 8.00. The maximum atomic E-state index is 12.5. The number of aromatic nitrogens is 2. The van der Waals surface area contributed by atoms with Gasteiger partial charge in [-0.05, 0) is 0 Å². The Labute approximate surface area is 69.6 Å². The molecule has 1 radical (unpaired) electrons. The first-order chi connectivity index (χ1) is 5.40. The van der Waals surface area contributed by atoms with Gasteiger partial charge in [0.15, 0.2) is 12.0 Å². The number of hydrogen-bond acceptors (Lipinski definition) is 2. The van der Waals surface area contributed by atoms with Gasteiger partial charge in [0.2, 0.25) is 0 Å². The molecule has 1 heterocycles. The van der Waals surface area contributed by atoms with Crippen molar-refractivity contribution in [2.75, 3.05) is 0 Å². The normalized spacial score (nSPS) is 12.1. The van der Waals surface area contributed by atoms with Gasteiger partial charge in [-0.25, -0.2) is 4.39 Å². The lowest BCUT2D eigenvalue weighted by Gasteiger charge is -2.04. The largest absolute Gasteiger partial charge is 0.447 e. The maximum Gasteiger partial charge on any atom is 0.447 e. The van der Waals surface area contributed by atoms with Gasteiger partial charge in [0.25, 0.3) is 0 Å². The van der Waals surface area contributed by atoms with Gasteiger partial charge in [-0.15, -0.1) is 0 Å². The van der Waals surface area contributed by atoms with Crippen molar-refractivity contribution in [1.29, 1.82) is 0 Å². The molecule has 0 bridgehead atoms. The van der Waals surface area contributed by atoms with E-state index >= 15 is 0 Å². The molecule has 7 heteroatoms. The standard InChI is InChI=1S/C5H3F4N2S/c1-11-4(3(6)2-10-11)12-5(7,8)9/h1H3. The highest BCUT2D eigenvalue weighted by Gasteiger charge is 2.32. The zero-order chi connectivity index (χ0) is 9.35. The lowest BCUT2D eigenvalue weighted by molar-refractivity contribution is -0.0332. The minimum absolute atomic E-state index is 0.545. The van der Waals surface area contributed by atoms with Crippen LogP contribution in [0.1, 0.15) is 0 Å². The molecule has 0 aliphatic heterocycles. The third-order valence-corrected chi connectivity index (χ3v) is 1.86. The van der Waals surface area contributed by atoms with E-state index in [1.165, 1.54) is 7.05 Å². The molecule has 67 valence electrons. The van der Waals surface area contributed by atoms with Crippen LogP contribution < -0.4 is 0 Å². The van der Waals surface area contributed by atoms with Crippen LogP contribution >= 0.6 is 11.8 Å². The summed E-state index contributed by atoms with van der Waals surface area (Å²) in [4.78, 5) is 0. The topological polar surface area (TPSA) is 17.8 Å². The van der Waals surface area contributed by atoms with E-state index in [1.807, 2.05) is 0 Å². The summed E-state index contributed by atoms with van der Waals surface area (Å²) in [6, 6.07) is 0. The zero-order valence-corrected chi connectivity index (χ0v) is 6.63. The van der Waals surface area contributed by atoms with Gasteiger partial charge < -0.3 is 0 Å². The van der Waals surface area contributed by atoms with Crippen LogP contribution in [-0.2, 0) is 7.05 Å². The van der Waals surface area contributed by atoms with Crippen molar-refractivity contribution in [3.05, 3.63) is 12.0 Å². The van der Waals surface area contributed by atoms with E-state index in [9.17, 15) is 17.6 Å². The summed E-state index contributed by atoms with van der Waals surface area (Å²) in [6.45, 7) is 0. The third kappa shape index (κ3) is 2.13. The van der Waals surface area contributed by atoms with E-state index in [1.54, 1.807) is 6.20 Å². The maximum absolute atomic E-state index is 12.5. The van der Waals surface area contributed by atoms with Crippen LogP contribution in [0.4, 0.5) is 17.6 Å². The quantitative estimate of drug-likeness (QED) is 0.508. The van der Waals surface area contributed by atoms with Crippen LogP contribution in [0.2, 0.25) is 0 Å². The van der Waals surface area contributed by atoms with Gasteiger partial charge in [-0.3, -0.25) is 4.68 Å². The molecule has 1 aromatic rings. The van der Waals surface area contributed by atoms with Crippen LogP contribution in [0.15, 0.2) is 5.03 Å². The number of nitrogens with zero attached hydrogens (tertiary/aromatic N) is 2. The van der Waals surface area contributed by atoms with Gasteiger partial charge in [-0.2, -0.15) is 18.3 Å². The van der Waals surface area contributed by atoms with Crippen molar-refractivity contribution < 1.29 is 17.6 Å². The number of thioether (sulfide) groups is 1. The Morgan fingerprint density at radius 2 is 2.08 bits per heavy atom. The molecule has 2 nitrogen and oxygen atoms in total. The Balaban J connectivity index is 2.88. The molecule has 0 amide bonds. The average Bonchev–Trinajstić information content (AvgIpc) is 2.16. The predicted octanol–water partition coefficient (Wildman–Crippen LogP) is 1.97. The van der Waals surface area contributed by atoms with Crippen LogP contribution in [0, 0.1) is 12.0 Å². The fourth-order valence-corrected chi connectivity index (χ4v) is 1.10. The van der Waals surface area contributed by atoms with E-state index in [0.717, 1.165) is 4.68 Å². The average molecular weight is 199 g/mol. The Morgan fingerprint density at radius 1 is 1.50 bits per heavy atom. The van der Waals surface area contributed by atoms with Crippen molar-refractivity contribution in [3.8, 4) is 0 Å². The molecule has 0 aromatic carbocycles. The van der Waals surface area contributed by atoms with E-state index in [4.69, 9.17) is 0 Å². The molecule has 0 saturated carbocycles. The summed E-state index contributed by atoms with van der Waals surface area (Å²) in [5, 5.41) is 2.62. The van der Waals surface area contributed by atoms with Crippen molar-refractivity contribution in [2.24, 2.45) is 7.05 Å². The lowest BCUT2D eigenvalue weighted by Crippen LogP contribution is -2.03. The van der Waals surface area contributed by atoms with E-state index in [2.05, 4.69) is 5.10 Å². The molecule has 12 heavy (non-hydrogen) atoms. The minimum atomic E-state index is -4.50. The Morgan fingerprint density at radius 3 is 2.42 bits per heavy atom. The van der Waals surface area contributed by atoms with Crippen molar-refractivity contribution in [2.45, 2.75) is 10.5 Å². The van der Waals surface area contributed by atoms with Gasteiger partial charge >= 0.3 is 5.51 Å². The highest BCUT2D eigenvalue weighted by Crippen LogP contribution is 2.37. The summed E-state index contributed by atoms with van der Waals surface area (Å²) in [5.41, 5.74) is -4.50. The SMILES string of the molecule is Cn1n[c]c(F)c1SC(F)(F)F. The van der Waals surface area contributed by atoms with Crippen LogP contribution in [-0.4, -0.2) is 15.3 Å². The van der Waals surface area contributed by atoms with Crippen molar-refractivity contribution in [1.82, 2.24) is 9.78 Å². The molecule has 0 saturated heterocycles. The first-order valence-corrected chi connectivity index (χ1v) is 3.58. The molecule has 1 aromatic heterocycles. The van der Waals surface area contributed by atoms with Gasteiger partial charge in [0.1, 0.15) is 5.03 Å². The second-order valence-corrected chi connectivity index (χ2v) is 2.96. The molecular formula is C5H3F4N2S. The molecule has 0 aliphatic rings. The van der Waals surface area contributed by atoms with Crippen LogP contribution in [0.3, 0.4) is 0 Å². The summed E-state index contributed by atoms with van der Waals surface area (Å²) >= 11 is -0.545. The molecule has 0 spiro atoms. The molecule has 0 N–H and O–H groups in total. The van der Waals surface area contributed by atoms with Crippen molar-refractivity contribution in [3.63, 3.8) is 0 Å². The molecular weight excluding hydrogens is 196 g/mol. The number of rotatable bonds is 1. The van der Waals surface area contributed by atoms with Crippen molar-refractivity contribution >= 4 is 11.8 Å². The zero-order valence-electron chi connectivity index (χ0n) is 5.81. The van der Waals surface area contributed by atoms with E-state index in [-0.39, 0.29) is 0 Å². The van der Waals surface area contributed by atoms with Crippen LogP contribution in [0.25, 0.3) is 0 Å². The Bertz CT molecular complexity index is 260. The summed E-state index contributed by atoms with van der Waals surface area (Å²) in [7, 11) is 1.22. The monoisotopic (exact) mass is 199 g/mol. The predicted molar refractivity (Wildman–Crippen MR) is 33.9 cm³/mol. The first kappa shape index (κ1) is 9.37. The molecule has 1 rings (SSSR count). The minimum Gasteiger partial charge on any atom is -0.258 e. The van der Waals surface area contributed by atoms with E-state index < -0.39 is 28.1 Å². The highest BCUT2D eigenvalue weighted by atomic mass is 32.2. The second kappa shape index (κ2) is 2.96. The Kier molecular flexibility index (Phi) is 2.31. The molecule has 0 unspecified atom stereocenters. The van der Waals surface area contributed by atoms with E-state index in [0.29, 0.717) is 0 Å². The number of hydrogen-bond donors (Lipinski definition) is 0. The number of halogens is 4. The van der Waals surface area contributed by atoms with Gasteiger partial charge in [0, 0.05) is 18.8 Å². The molecule has 0 atom stereocenters. The summed E-state index contributed by atoms with van der Waals surface area (Å²) < 4.78 is 48.4. The third-order valence-electron chi connectivity index (χ3n) is 0.992. The Hall–Kier alpha value is -0.720. The summed E-state index contributed by atoms with van der Waals surface area (Å²) in [5.74, 6) is -1.08. The van der Waals surface area contributed by atoms with Gasteiger partial charge in [-0.1, -0.05) is 0 Å². The van der Waals surface area contributed by atoms with Gasteiger partial charge in [0.05, 0.1) is 0 Å². The molecule has 0 fully saturated rings. The smallest absolute Gasteiger partial charge is 0.258 e. The van der Waals surface area contributed by atoms with Crippen LogP contribution in [0.5, 0.6) is 0 Å². The fraction of sp³-hybridized carbons (Fsp3) is 0.400. The fourth-order valence-electron chi connectivity index (χ4n) is 0.575. The first-order valence-electron chi connectivity index (χ1n) is 2.76. The second-order valence-electron chi connectivity index (χ2n) is 1.90. The lowest BCUT2D eigenvalue weighted by atomic mass is 10.7. The summed E-state index contributed by atoms with van der Waals surface area (Å²) in [6.07, 6.45) is 1.78. The number of aryl methyl sites for hydroxylation is 1.